The van der Waals surface area contributed by atoms with Gasteiger partial charge in [-0.3, -0.25) is 0 Å². The van der Waals surface area contributed by atoms with Gasteiger partial charge in [0.15, 0.2) is 0 Å². The number of alkyl halides is 1. The lowest BCUT2D eigenvalue weighted by Gasteiger charge is -2.15. The molecule has 8 rings (SSSR count). The van der Waals surface area contributed by atoms with Gasteiger partial charge in [0, 0.05) is 5.33 Å². The van der Waals surface area contributed by atoms with Gasteiger partial charge in [0.25, 0.3) is 0 Å². The van der Waals surface area contributed by atoms with E-state index in [1.54, 1.807) is 37.3 Å². The van der Waals surface area contributed by atoms with Crippen molar-refractivity contribution in [1.29, 1.82) is 0 Å². The van der Waals surface area contributed by atoms with Crippen LogP contribution in [0, 0.1) is 47.5 Å². The largest absolute Gasteiger partial charge is 0.465 e. The van der Waals surface area contributed by atoms with Gasteiger partial charge < -0.3 is 37.9 Å². The van der Waals surface area contributed by atoms with Crippen LogP contribution in [0.1, 0.15) is 191 Å². The van der Waals surface area contributed by atoms with Crippen molar-refractivity contribution < 1.29 is 71.5 Å². The summed E-state index contributed by atoms with van der Waals surface area (Å²) in [7, 11) is 2.63. The minimum Gasteiger partial charge on any atom is -0.465 e. The van der Waals surface area contributed by atoms with E-state index in [0.717, 1.165) is 59.1 Å². The fourth-order valence-corrected chi connectivity index (χ4v) is 9.32. The van der Waals surface area contributed by atoms with E-state index < -0.39 is 11.9 Å². The number of benzene rings is 7. The average molecular weight is 1350 g/mol. The van der Waals surface area contributed by atoms with Crippen LogP contribution in [-0.2, 0) is 44.5 Å². The van der Waals surface area contributed by atoms with Crippen LogP contribution in [0.5, 0.6) is 0 Å². The molecule has 0 N–H and O–H groups in total. The Morgan fingerprint density at radius 3 is 1.26 bits per heavy atom. The van der Waals surface area contributed by atoms with Crippen molar-refractivity contribution in [2.24, 2.45) is 5.92 Å². The molecule has 0 aliphatic heterocycles. The summed E-state index contributed by atoms with van der Waals surface area (Å²) in [5.41, 5.74) is 10.6. The Hall–Kier alpha value is -8.73. The molecule has 7 aromatic rings. The summed E-state index contributed by atoms with van der Waals surface area (Å²) in [6.07, 6.45) is 9.36. The Labute approximate surface area is 565 Å². The predicted molar refractivity (Wildman–Crippen MR) is 372 cm³/mol. The Kier molecular flexibility index (Phi) is 38.5. The highest BCUT2D eigenvalue weighted by atomic mass is 79.9. The van der Waals surface area contributed by atoms with Crippen molar-refractivity contribution in [2.75, 3.05) is 46.0 Å². The second-order valence-electron chi connectivity index (χ2n) is 22.4. The molecule has 1 aliphatic carbocycles. The van der Waals surface area contributed by atoms with Crippen LogP contribution in [0.2, 0.25) is 0 Å². The third kappa shape index (κ3) is 29.9. The quantitative estimate of drug-likeness (QED) is 0.0269. The van der Waals surface area contributed by atoms with Crippen LogP contribution in [0.25, 0.3) is 0 Å². The highest BCUT2D eigenvalue weighted by molar-refractivity contribution is 9.09. The first-order chi connectivity index (χ1) is 45.2. The lowest BCUT2D eigenvalue weighted by molar-refractivity contribution is 0.0176. The summed E-state index contributed by atoms with van der Waals surface area (Å²) in [4.78, 5) is 81.0. The highest BCUT2D eigenvalue weighted by Gasteiger charge is 2.21. The van der Waals surface area contributed by atoms with Gasteiger partial charge in [0.2, 0.25) is 0 Å². The molecule has 0 saturated heterocycles. The van der Waals surface area contributed by atoms with E-state index in [4.69, 9.17) is 28.4 Å². The molecule has 1 aliphatic rings. The molecule has 15 nitrogen and oxygen atoms in total. The summed E-state index contributed by atoms with van der Waals surface area (Å²) >= 11 is 3.19. The van der Waals surface area contributed by atoms with Crippen molar-refractivity contribution in [1.82, 2.24) is 0 Å². The van der Waals surface area contributed by atoms with Gasteiger partial charge in [0.1, 0.15) is 25.9 Å². The number of esters is 7. The molecule has 1 atom stereocenters. The van der Waals surface area contributed by atoms with Gasteiger partial charge in [-0.25, -0.2) is 33.6 Å². The summed E-state index contributed by atoms with van der Waals surface area (Å²) in [5.74, 6) is -1.51. The van der Waals surface area contributed by atoms with Gasteiger partial charge in [-0.2, -0.15) is 0 Å². The third-order valence-electron chi connectivity index (χ3n) is 14.7. The monoisotopic (exact) mass is 1350 g/mol. The first kappa shape index (κ1) is 79.5. The minimum atomic E-state index is -0.422. The molecule has 16 heteroatoms. The SMILES string of the molecule is CCCCC(CC)COC(=O)c1ccccc1C.COC(=O)c1ccc(C(=O)OC)c(C)c1.Cc1ccccc1C(=O)OC1CCCC1.Cc1ccccc1C(=O)OCCBr.Cc1ccccc1C(=O)OCCOC(C)C.Cc1ccccc1C(=O)OCc1ccccc1. The zero-order valence-electron chi connectivity index (χ0n) is 56.8. The number of hydrogen-bond acceptors (Lipinski definition) is 15. The van der Waals surface area contributed by atoms with Crippen LogP contribution in [0.4, 0.5) is 0 Å². The normalized spacial score (nSPS) is 11.4. The molecule has 7 aromatic carbocycles. The van der Waals surface area contributed by atoms with Crippen molar-refractivity contribution >= 4 is 57.7 Å². The number of carbonyl (C=O) groups excluding carboxylic acids is 7. The van der Waals surface area contributed by atoms with Crippen molar-refractivity contribution in [2.45, 2.75) is 139 Å². The zero-order valence-corrected chi connectivity index (χ0v) is 58.4. The van der Waals surface area contributed by atoms with Gasteiger partial charge in [-0.1, -0.05) is 170 Å². The minimum absolute atomic E-state index is 0.150. The van der Waals surface area contributed by atoms with E-state index in [0.29, 0.717) is 88.8 Å². The Balaban J connectivity index is 0.000000295. The highest BCUT2D eigenvalue weighted by Crippen LogP contribution is 2.23. The second kappa shape index (κ2) is 45.5. The average Bonchev–Trinajstić information content (AvgIpc) is 1.49. The van der Waals surface area contributed by atoms with Crippen LogP contribution >= 0.6 is 15.9 Å². The summed E-state index contributed by atoms with van der Waals surface area (Å²) in [6.45, 7) is 21.5. The summed E-state index contributed by atoms with van der Waals surface area (Å²) in [5, 5.41) is 0.671. The molecule has 504 valence electrons. The van der Waals surface area contributed by atoms with Gasteiger partial charge in [0.05, 0.1) is 72.5 Å². The smallest absolute Gasteiger partial charge is 0.338 e. The van der Waals surface area contributed by atoms with Crippen molar-refractivity contribution in [3.05, 3.63) is 248 Å². The number of aryl methyl sites for hydroxylation is 6. The van der Waals surface area contributed by atoms with Crippen LogP contribution in [0.3, 0.4) is 0 Å². The second-order valence-corrected chi connectivity index (χ2v) is 23.1. The number of ether oxygens (including phenoxy) is 8. The van der Waals surface area contributed by atoms with Crippen LogP contribution in [-0.4, -0.2) is 100.0 Å². The lowest BCUT2D eigenvalue weighted by atomic mass is 10.0. The predicted octanol–water partition coefficient (Wildman–Crippen LogP) is 17.5. The number of rotatable bonds is 22. The molecule has 94 heavy (non-hydrogen) atoms. The maximum atomic E-state index is 11.9. The van der Waals surface area contributed by atoms with Crippen LogP contribution in [0.15, 0.2) is 170 Å². The first-order valence-electron chi connectivity index (χ1n) is 31.9. The van der Waals surface area contributed by atoms with Gasteiger partial charge in [-0.05, 0) is 181 Å². The standard InChI is InChI=1S/C16H24O2.C15H14O2.C13H18O3.C13H16O2.C11H12O4.C10H11BrO2/c1-4-6-10-14(5-2)12-18-16(17)15-11-8-7-9-13(15)3;1-12-7-5-6-10-14(12)15(16)17-11-13-8-3-2-4-9-13;1-10(2)15-8-9-16-13(14)12-7-5-4-6-11(12)3;1-10-6-2-5-9-12(10)13(14)15-11-7-3-4-8-11;1-7-6-8(10(12)14-2)4-5-9(7)11(13)15-3;1-8-4-2-3-5-9(8)10(12)13-7-6-11/h7-9,11,14H,4-6,10,12H2,1-3H3;2-10H,11H2,1H3;4-7,10H,8-9H2,1-3H3;2,5-6,9,11H,3-4,7-8H2,1H3;4-6H,1-3H3;2-5H,6-7H2,1H3. The molecule has 0 heterocycles. The maximum absolute atomic E-state index is 11.9. The molecular formula is C78H95BrO15. The molecule has 0 aromatic heterocycles. The van der Waals surface area contributed by atoms with Gasteiger partial charge >= 0.3 is 41.8 Å². The van der Waals surface area contributed by atoms with E-state index in [9.17, 15) is 33.6 Å². The molecule has 0 bridgehead atoms. The number of carbonyl (C=O) groups is 7. The fraction of sp³-hybridized carbons (Fsp3) is 0.372. The molecule has 1 fully saturated rings. The lowest BCUT2D eigenvalue weighted by Crippen LogP contribution is -2.15. The number of unbranched alkanes of at least 4 members (excludes halogenated alkanes) is 1. The van der Waals surface area contributed by atoms with Crippen LogP contribution < -0.4 is 0 Å². The third-order valence-corrected chi connectivity index (χ3v) is 15.1. The maximum Gasteiger partial charge on any atom is 0.338 e. The van der Waals surface area contributed by atoms with E-state index in [1.807, 2.05) is 182 Å². The molecule has 0 amide bonds. The Morgan fingerprint density at radius 1 is 0.447 bits per heavy atom. The Morgan fingerprint density at radius 2 is 0.851 bits per heavy atom. The van der Waals surface area contributed by atoms with E-state index >= 15 is 0 Å². The number of hydrogen-bond donors (Lipinski definition) is 0. The van der Waals surface area contributed by atoms with Gasteiger partial charge in [-0.15, -0.1) is 0 Å². The topological polar surface area (TPSA) is 193 Å². The summed E-state index contributed by atoms with van der Waals surface area (Å²) < 4.78 is 40.6. The van der Waals surface area contributed by atoms with E-state index in [1.165, 1.54) is 46.0 Å². The molecule has 0 spiro atoms. The zero-order chi connectivity index (χ0) is 69.2. The number of methoxy groups -OCH3 is 2. The molecule has 0 radical (unpaired) electrons. The van der Waals surface area contributed by atoms with E-state index in [2.05, 4.69) is 39.3 Å². The fourth-order valence-electron chi connectivity index (χ4n) is 9.15. The number of halogens is 1. The molecule has 1 unspecified atom stereocenters. The Bertz CT molecular complexity index is 3430. The molecular weight excluding hydrogens is 1260 g/mol. The summed E-state index contributed by atoms with van der Waals surface area (Å²) in [6, 6.07) is 51.7. The van der Waals surface area contributed by atoms with Crippen molar-refractivity contribution in [3.63, 3.8) is 0 Å². The van der Waals surface area contributed by atoms with Crippen molar-refractivity contribution in [3.8, 4) is 0 Å². The molecule has 1 saturated carbocycles. The van der Waals surface area contributed by atoms with E-state index in [-0.39, 0.29) is 42.1 Å². The first-order valence-corrected chi connectivity index (χ1v) is 33.0.